The highest BCUT2D eigenvalue weighted by atomic mass is 16.5. The summed E-state index contributed by atoms with van der Waals surface area (Å²) >= 11 is 0. The Morgan fingerprint density at radius 1 is 1.72 bits per heavy atom. The van der Waals surface area contributed by atoms with Gasteiger partial charge in [0.1, 0.15) is 0 Å². The van der Waals surface area contributed by atoms with Gasteiger partial charge in [0, 0.05) is 32.5 Å². The van der Waals surface area contributed by atoms with Crippen molar-refractivity contribution in [1.82, 2.24) is 15.1 Å². The molecule has 1 amide bonds. The van der Waals surface area contributed by atoms with E-state index in [1.165, 1.54) is 0 Å². The summed E-state index contributed by atoms with van der Waals surface area (Å²) in [6, 6.07) is 0. The van der Waals surface area contributed by atoms with Crippen LogP contribution in [0.2, 0.25) is 0 Å². The molecule has 0 aliphatic carbocycles. The number of nitrogens with one attached hydrogen (secondary N) is 1. The van der Waals surface area contributed by atoms with E-state index in [0.717, 1.165) is 26.1 Å². The molecular formula is C12H20N4O2. The van der Waals surface area contributed by atoms with E-state index in [1.54, 1.807) is 10.9 Å². The number of amides is 1. The molecule has 0 spiro atoms. The summed E-state index contributed by atoms with van der Waals surface area (Å²) in [6.45, 7) is 4.95. The molecule has 1 saturated heterocycles. The summed E-state index contributed by atoms with van der Waals surface area (Å²) in [4.78, 5) is 11.9. The van der Waals surface area contributed by atoms with Crippen LogP contribution in [0.15, 0.2) is 6.20 Å². The molecule has 2 heterocycles. The standard InChI is InChI=1S/C12H20N4O2/c1-2-16-7-10(13)11(15-16)12(17)14-5-3-9-4-6-18-8-9/h7,9H,2-6,8,13H2,1H3,(H,14,17). The van der Waals surface area contributed by atoms with Crippen LogP contribution in [0.3, 0.4) is 0 Å². The molecule has 6 nitrogen and oxygen atoms in total. The topological polar surface area (TPSA) is 82.2 Å². The number of hydrogen-bond donors (Lipinski definition) is 2. The first-order chi connectivity index (χ1) is 8.70. The Morgan fingerprint density at radius 2 is 2.56 bits per heavy atom. The van der Waals surface area contributed by atoms with E-state index < -0.39 is 0 Å². The monoisotopic (exact) mass is 252 g/mol. The Hall–Kier alpha value is -1.56. The van der Waals surface area contributed by atoms with Crippen LogP contribution < -0.4 is 11.1 Å². The van der Waals surface area contributed by atoms with Gasteiger partial charge in [-0.05, 0) is 25.7 Å². The average molecular weight is 252 g/mol. The second-order valence-corrected chi connectivity index (χ2v) is 4.56. The molecule has 0 aromatic carbocycles. The highest BCUT2D eigenvalue weighted by molar-refractivity contribution is 5.96. The van der Waals surface area contributed by atoms with Gasteiger partial charge in [0.05, 0.1) is 5.69 Å². The molecule has 18 heavy (non-hydrogen) atoms. The number of ether oxygens (including phenoxy) is 1. The first kappa shape index (κ1) is 12.9. The molecule has 100 valence electrons. The van der Waals surface area contributed by atoms with E-state index in [0.29, 0.717) is 30.4 Å². The summed E-state index contributed by atoms with van der Waals surface area (Å²) in [5.41, 5.74) is 6.50. The van der Waals surface area contributed by atoms with Crippen LogP contribution in [0.25, 0.3) is 0 Å². The molecule has 1 aliphatic heterocycles. The van der Waals surface area contributed by atoms with Crippen molar-refractivity contribution in [2.75, 3.05) is 25.5 Å². The third-order valence-electron chi connectivity index (χ3n) is 3.19. The van der Waals surface area contributed by atoms with Gasteiger partial charge in [-0.3, -0.25) is 9.48 Å². The lowest BCUT2D eigenvalue weighted by Crippen LogP contribution is -2.27. The molecule has 6 heteroatoms. The third-order valence-corrected chi connectivity index (χ3v) is 3.19. The van der Waals surface area contributed by atoms with E-state index in [1.807, 2.05) is 6.92 Å². The number of carbonyl (C=O) groups excluding carboxylic acids is 1. The van der Waals surface area contributed by atoms with E-state index in [4.69, 9.17) is 10.5 Å². The number of rotatable bonds is 5. The Labute approximate surface area is 106 Å². The fraction of sp³-hybridized carbons (Fsp3) is 0.667. The van der Waals surface area contributed by atoms with Crippen molar-refractivity contribution in [3.8, 4) is 0 Å². The van der Waals surface area contributed by atoms with Gasteiger partial charge >= 0.3 is 0 Å². The van der Waals surface area contributed by atoms with Gasteiger partial charge in [0.15, 0.2) is 5.69 Å². The second kappa shape index (κ2) is 5.86. The number of aromatic nitrogens is 2. The zero-order valence-corrected chi connectivity index (χ0v) is 10.7. The van der Waals surface area contributed by atoms with Crippen molar-refractivity contribution >= 4 is 11.6 Å². The maximum atomic E-state index is 11.9. The minimum atomic E-state index is -0.196. The lowest BCUT2D eigenvalue weighted by molar-refractivity contribution is 0.0945. The van der Waals surface area contributed by atoms with Crippen molar-refractivity contribution < 1.29 is 9.53 Å². The van der Waals surface area contributed by atoms with Gasteiger partial charge in [-0.1, -0.05) is 0 Å². The summed E-state index contributed by atoms with van der Waals surface area (Å²) in [5.74, 6) is 0.370. The highest BCUT2D eigenvalue weighted by Gasteiger charge is 2.17. The van der Waals surface area contributed by atoms with Crippen LogP contribution in [0.1, 0.15) is 30.3 Å². The number of hydrogen-bond acceptors (Lipinski definition) is 4. The van der Waals surface area contributed by atoms with Gasteiger partial charge in [0.2, 0.25) is 0 Å². The maximum absolute atomic E-state index is 11.9. The molecule has 1 aromatic heterocycles. The van der Waals surface area contributed by atoms with Crippen molar-refractivity contribution in [2.45, 2.75) is 26.3 Å². The first-order valence-corrected chi connectivity index (χ1v) is 6.39. The molecule has 3 N–H and O–H groups in total. The number of nitrogen functional groups attached to an aromatic ring is 1. The predicted molar refractivity (Wildman–Crippen MR) is 68.2 cm³/mol. The molecule has 1 aliphatic rings. The fourth-order valence-corrected chi connectivity index (χ4v) is 2.06. The number of anilines is 1. The lowest BCUT2D eigenvalue weighted by Gasteiger charge is -2.07. The maximum Gasteiger partial charge on any atom is 0.273 e. The highest BCUT2D eigenvalue weighted by Crippen LogP contribution is 2.15. The Balaban J connectivity index is 1.81. The summed E-state index contributed by atoms with van der Waals surface area (Å²) in [5, 5.41) is 6.99. The molecule has 0 radical (unpaired) electrons. The predicted octanol–water partition coefficient (Wildman–Crippen LogP) is 0.642. The Bertz CT molecular complexity index is 410. The largest absolute Gasteiger partial charge is 0.396 e. The lowest BCUT2D eigenvalue weighted by atomic mass is 10.1. The number of nitrogens with two attached hydrogens (primary N) is 1. The fourth-order valence-electron chi connectivity index (χ4n) is 2.06. The molecule has 2 rings (SSSR count). The van der Waals surface area contributed by atoms with Crippen LogP contribution in [0.5, 0.6) is 0 Å². The summed E-state index contributed by atoms with van der Waals surface area (Å²) in [7, 11) is 0. The van der Waals surface area contributed by atoms with Crippen LogP contribution >= 0.6 is 0 Å². The quantitative estimate of drug-likeness (QED) is 0.805. The molecule has 1 aromatic rings. The normalized spacial score (nSPS) is 19.1. The Kier molecular flexibility index (Phi) is 4.19. The number of carbonyl (C=O) groups is 1. The van der Waals surface area contributed by atoms with Crippen molar-refractivity contribution in [1.29, 1.82) is 0 Å². The van der Waals surface area contributed by atoms with Crippen LogP contribution in [0.4, 0.5) is 5.69 Å². The second-order valence-electron chi connectivity index (χ2n) is 4.56. The van der Waals surface area contributed by atoms with Gasteiger partial charge in [-0.25, -0.2) is 0 Å². The third kappa shape index (κ3) is 3.01. The van der Waals surface area contributed by atoms with E-state index >= 15 is 0 Å². The summed E-state index contributed by atoms with van der Waals surface area (Å²) in [6.07, 6.45) is 3.71. The molecule has 1 unspecified atom stereocenters. The average Bonchev–Trinajstić information content (AvgIpc) is 2.98. The first-order valence-electron chi connectivity index (χ1n) is 6.39. The van der Waals surface area contributed by atoms with Gasteiger partial charge in [-0.15, -0.1) is 0 Å². The van der Waals surface area contributed by atoms with E-state index in [-0.39, 0.29) is 5.91 Å². The van der Waals surface area contributed by atoms with Crippen LogP contribution in [-0.4, -0.2) is 35.4 Å². The van der Waals surface area contributed by atoms with Crippen LogP contribution in [-0.2, 0) is 11.3 Å². The number of aryl methyl sites for hydroxylation is 1. The van der Waals surface area contributed by atoms with Crippen molar-refractivity contribution in [3.63, 3.8) is 0 Å². The zero-order valence-electron chi connectivity index (χ0n) is 10.7. The Morgan fingerprint density at radius 3 is 3.17 bits per heavy atom. The van der Waals surface area contributed by atoms with Crippen LogP contribution in [0, 0.1) is 5.92 Å². The molecular weight excluding hydrogens is 232 g/mol. The number of nitrogens with zero attached hydrogens (tertiary/aromatic N) is 2. The smallest absolute Gasteiger partial charge is 0.273 e. The molecule has 0 saturated carbocycles. The van der Waals surface area contributed by atoms with E-state index in [9.17, 15) is 4.79 Å². The zero-order chi connectivity index (χ0) is 13.0. The van der Waals surface area contributed by atoms with Crippen molar-refractivity contribution in [3.05, 3.63) is 11.9 Å². The van der Waals surface area contributed by atoms with Crippen molar-refractivity contribution in [2.24, 2.45) is 5.92 Å². The van der Waals surface area contributed by atoms with Gasteiger partial charge < -0.3 is 15.8 Å². The van der Waals surface area contributed by atoms with E-state index in [2.05, 4.69) is 10.4 Å². The molecule has 0 bridgehead atoms. The molecule has 1 fully saturated rings. The minimum absolute atomic E-state index is 0.196. The SMILES string of the molecule is CCn1cc(N)c(C(=O)NCCC2CCOC2)n1. The molecule has 1 atom stereocenters. The van der Waals surface area contributed by atoms with Gasteiger partial charge in [0.25, 0.3) is 5.91 Å². The summed E-state index contributed by atoms with van der Waals surface area (Å²) < 4.78 is 6.95. The van der Waals surface area contributed by atoms with Gasteiger partial charge in [-0.2, -0.15) is 5.10 Å². The minimum Gasteiger partial charge on any atom is -0.396 e.